The second-order valence-electron chi connectivity index (χ2n) is 3.20. The molecule has 0 amide bonds. The van der Waals surface area contributed by atoms with Gasteiger partial charge in [-0.3, -0.25) is 0 Å². The quantitative estimate of drug-likeness (QED) is 0.762. The van der Waals surface area contributed by atoms with Crippen LogP contribution in [-0.2, 0) is 6.42 Å². The SMILES string of the molecule is NCCc1cnnn1-c1cccc(O)c1. The van der Waals surface area contributed by atoms with Crippen LogP contribution in [0.5, 0.6) is 5.75 Å². The molecule has 1 aromatic heterocycles. The van der Waals surface area contributed by atoms with E-state index in [0.29, 0.717) is 13.0 Å². The molecule has 3 N–H and O–H groups in total. The summed E-state index contributed by atoms with van der Waals surface area (Å²) in [6, 6.07) is 6.87. The third-order valence-corrected chi connectivity index (χ3v) is 2.09. The van der Waals surface area contributed by atoms with E-state index in [4.69, 9.17) is 5.73 Å². The molecule has 0 fully saturated rings. The largest absolute Gasteiger partial charge is 0.508 e. The van der Waals surface area contributed by atoms with Gasteiger partial charge < -0.3 is 10.8 Å². The predicted octanol–water partition coefficient (Wildman–Crippen LogP) is 0.474. The van der Waals surface area contributed by atoms with Crippen molar-refractivity contribution in [1.29, 1.82) is 0 Å². The third kappa shape index (κ3) is 1.97. The van der Waals surface area contributed by atoms with E-state index in [1.165, 1.54) is 0 Å². The van der Waals surface area contributed by atoms with Crippen molar-refractivity contribution >= 4 is 0 Å². The molecule has 0 spiro atoms. The van der Waals surface area contributed by atoms with E-state index < -0.39 is 0 Å². The number of aromatic hydroxyl groups is 1. The zero-order valence-corrected chi connectivity index (χ0v) is 8.17. The van der Waals surface area contributed by atoms with E-state index in [1.807, 2.05) is 6.07 Å². The highest BCUT2D eigenvalue weighted by atomic mass is 16.3. The summed E-state index contributed by atoms with van der Waals surface area (Å²) in [7, 11) is 0. The lowest BCUT2D eigenvalue weighted by Crippen LogP contribution is -2.08. The molecule has 2 aromatic rings. The van der Waals surface area contributed by atoms with Crippen LogP contribution >= 0.6 is 0 Å². The lowest BCUT2D eigenvalue weighted by atomic mass is 10.2. The molecular weight excluding hydrogens is 192 g/mol. The Morgan fingerprint density at radius 3 is 3.00 bits per heavy atom. The number of phenolic OH excluding ortho intramolecular Hbond substituents is 1. The van der Waals surface area contributed by atoms with E-state index in [2.05, 4.69) is 10.3 Å². The molecule has 5 nitrogen and oxygen atoms in total. The molecule has 0 radical (unpaired) electrons. The first-order chi connectivity index (χ1) is 7.31. The molecule has 0 aliphatic heterocycles. The van der Waals surface area contributed by atoms with Crippen molar-refractivity contribution in [1.82, 2.24) is 15.0 Å². The Kier molecular flexibility index (Phi) is 2.64. The van der Waals surface area contributed by atoms with Gasteiger partial charge in [0.1, 0.15) is 5.75 Å². The molecule has 0 unspecified atom stereocenters. The van der Waals surface area contributed by atoms with Gasteiger partial charge in [0.05, 0.1) is 17.6 Å². The van der Waals surface area contributed by atoms with Gasteiger partial charge in [-0.15, -0.1) is 5.10 Å². The number of benzene rings is 1. The maximum atomic E-state index is 9.35. The molecule has 0 saturated heterocycles. The molecule has 2 rings (SSSR count). The number of aromatic nitrogens is 3. The topological polar surface area (TPSA) is 77.0 Å². The van der Waals surface area contributed by atoms with Crippen LogP contribution in [0.4, 0.5) is 0 Å². The van der Waals surface area contributed by atoms with Crippen molar-refractivity contribution < 1.29 is 5.11 Å². The van der Waals surface area contributed by atoms with Crippen LogP contribution in [0.25, 0.3) is 5.69 Å². The maximum Gasteiger partial charge on any atom is 0.117 e. The second-order valence-corrected chi connectivity index (χ2v) is 3.20. The molecule has 1 heterocycles. The van der Waals surface area contributed by atoms with Crippen LogP contribution in [0, 0.1) is 0 Å². The summed E-state index contributed by atoms with van der Waals surface area (Å²) < 4.78 is 1.67. The zero-order chi connectivity index (χ0) is 10.7. The van der Waals surface area contributed by atoms with Gasteiger partial charge in [-0.05, 0) is 18.7 Å². The van der Waals surface area contributed by atoms with Crippen molar-refractivity contribution in [3.63, 3.8) is 0 Å². The Labute approximate surface area is 87.1 Å². The second kappa shape index (κ2) is 4.10. The number of nitrogens with two attached hydrogens (primary N) is 1. The van der Waals surface area contributed by atoms with Crippen molar-refractivity contribution in [2.24, 2.45) is 5.73 Å². The van der Waals surface area contributed by atoms with Gasteiger partial charge in [-0.1, -0.05) is 11.3 Å². The molecular formula is C10H12N4O. The van der Waals surface area contributed by atoms with Crippen molar-refractivity contribution in [3.05, 3.63) is 36.2 Å². The smallest absolute Gasteiger partial charge is 0.117 e. The molecule has 0 aliphatic rings. The van der Waals surface area contributed by atoms with Gasteiger partial charge in [0, 0.05) is 12.5 Å². The molecule has 0 bridgehead atoms. The molecule has 0 aliphatic carbocycles. The zero-order valence-electron chi connectivity index (χ0n) is 8.17. The normalized spacial score (nSPS) is 10.5. The lowest BCUT2D eigenvalue weighted by molar-refractivity contribution is 0.474. The molecule has 0 saturated carbocycles. The van der Waals surface area contributed by atoms with Gasteiger partial charge in [0.15, 0.2) is 0 Å². The first-order valence-electron chi connectivity index (χ1n) is 4.70. The highest BCUT2D eigenvalue weighted by molar-refractivity contribution is 5.38. The van der Waals surface area contributed by atoms with Gasteiger partial charge in [-0.25, -0.2) is 4.68 Å². The first kappa shape index (κ1) is 9.67. The first-order valence-corrected chi connectivity index (χ1v) is 4.70. The van der Waals surface area contributed by atoms with Gasteiger partial charge >= 0.3 is 0 Å². The van der Waals surface area contributed by atoms with E-state index >= 15 is 0 Å². The number of hydrogen-bond donors (Lipinski definition) is 2. The van der Waals surface area contributed by atoms with Crippen LogP contribution in [0.15, 0.2) is 30.5 Å². The Morgan fingerprint density at radius 2 is 2.27 bits per heavy atom. The summed E-state index contributed by atoms with van der Waals surface area (Å²) in [6.07, 6.45) is 2.39. The van der Waals surface area contributed by atoms with E-state index in [9.17, 15) is 5.11 Å². The minimum absolute atomic E-state index is 0.210. The number of hydrogen-bond acceptors (Lipinski definition) is 4. The third-order valence-electron chi connectivity index (χ3n) is 2.09. The summed E-state index contributed by atoms with van der Waals surface area (Å²) >= 11 is 0. The summed E-state index contributed by atoms with van der Waals surface area (Å²) in [4.78, 5) is 0. The van der Waals surface area contributed by atoms with Crippen molar-refractivity contribution in [2.45, 2.75) is 6.42 Å². The average molecular weight is 204 g/mol. The van der Waals surface area contributed by atoms with Crippen molar-refractivity contribution in [2.75, 3.05) is 6.54 Å². The van der Waals surface area contributed by atoms with Crippen LogP contribution < -0.4 is 5.73 Å². The summed E-state index contributed by atoms with van der Waals surface area (Å²) in [6.45, 7) is 0.548. The number of phenols is 1. The minimum Gasteiger partial charge on any atom is -0.508 e. The standard InChI is InChI=1S/C10H12N4O/c11-5-4-9-7-12-13-14(9)8-2-1-3-10(15)6-8/h1-3,6-7,15H,4-5,11H2. The van der Waals surface area contributed by atoms with Gasteiger partial charge in [0.25, 0.3) is 0 Å². The van der Waals surface area contributed by atoms with Gasteiger partial charge in [-0.2, -0.15) is 0 Å². The fourth-order valence-electron chi connectivity index (χ4n) is 1.42. The Bertz CT molecular complexity index is 452. The molecule has 1 aromatic carbocycles. The van der Waals surface area contributed by atoms with Crippen LogP contribution in [0.2, 0.25) is 0 Å². The Balaban J connectivity index is 2.40. The summed E-state index contributed by atoms with van der Waals surface area (Å²) in [5.41, 5.74) is 7.20. The van der Waals surface area contributed by atoms with E-state index in [0.717, 1.165) is 11.4 Å². The van der Waals surface area contributed by atoms with Gasteiger partial charge in [0.2, 0.25) is 0 Å². The fraction of sp³-hybridized carbons (Fsp3) is 0.200. The minimum atomic E-state index is 0.210. The Hall–Kier alpha value is -1.88. The maximum absolute atomic E-state index is 9.35. The van der Waals surface area contributed by atoms with Crippen LogP contribution in [-0.4, -0.2) is 26.6 Å². The average Bonchev–Trinajstić information content (AvgIpc) is 2.66. The Morgan fingerprint density at radius 1 is 1.40 bits per heavy atom. The highest BCUT2D eigenvalue weighted by Crippen LogP contribution is 2.15. The monoisotopic (exact) mass is 204 g/mol. The number of nitrogens with zero attached hydrogens (tertiary/aromatic N) is 3. The summed E-state index contributed by atoms with van der Waals surface area (Å²) in [5, 5.41) is 17.1. The fourth-order valence-corrected chi connectivity index (χ4v) is 1.42. The predicted molar refractivity (Wildman–Crippen MR) is 55.8 cm³/mol. The highest BCUT2D eigenvalue weighted by Gasteiger charge is 2.05. The molecule has 15 heavy (non-hydrogen) atoms. The van der Waals surface area contributed by atoms with Crippen LogP contribution in [0.1, 0.15) is 5.69 Å². The summed E-state index contributed by atoms with van der Waals surface area (Å²) in [5.74, 6) is 0.210. The van der Waals surface area contributed by atoms with E-state index in [1.54, 1.807) is 29.1 Å². The number of rotatable bonds is 3. The lowest BCUT2D eigenvalue weighted by Gasteiger charge is -2.04. The van der Waals surface area contributed by atoms with Crippen molar-refractivity contribution in [3.8, 4) is 11.4 Å². The van der Waals surface area contributed by atoms with Crippen LogP contribution in [0.3, 0.4) is 0 Å². The van der Waals surface area contributed by atoms with E-state index in [-0.39, 0.29) is 5.75 Å². The molecule has 5 heteroatoms. The molecule has 78 valence electrons. The molecule has 0 atom stereocenters.